The average Bonchev–Trinajstić information content (AvgIpc) is 3.26. The van der Waals surface area contributed by atoms with Gasteiger partial charge in [-0.2, -0.15) is 18.3 Å². The molecule has 0 unspecified atom stereocenters. The molecule has 5 nitrogen and oxygen atoms in total. The van der Waals surface area contributed by atoms with Crippen molar-refractivity contribution in [1.82, 2.24) is 9.78 Å². The minimum Gasteiger partial charge on any atom is -0.495 e. The highest BCUT2D eigenvalue weighted by Gasteiger charge is 2.40. The molecule has 0 saturated heterocycles. The number of halogens is 4. The van der Waals surface area contributed by atoms with Crippen molar-refractivity contribution in [1.29, 1.82) is 0 Å². The third kappa shape index (κ3) is 4.70. The molecule has 0 radical (unpaired) electrons. The summed E-state index contributed by atoms with van der Waals surface area (Å²) in [5.74, 6) is -0.660. The maximum absolute atomic E-state index is 13.9. The molecule has 3 aromatic carbocycles. The van der Waals surface area contributed by atoms with E-state index in [9.17, 15) is 18.0 Å². The molecule has 1 heterocycles. The molecule has 0 fully saturated rings. The summed E-state index contributed by atoms with van der Waals surface area (Å²) in [6.07, 6.45) is -3.95. The first kappa shape index (κ1) is 22.4. The molecule has 4 rings (SSSR count). The molecule has 0 aliphatic carbocycles. The number of carbonyl (C=O) groups is 1. The number of carbonyl (C=O) groups excluding carboxylic acids is 1. The largest absolute Gasteiger partial charge is 0.495 e. The van der Waals surface area contributed by atoms with E-state index < -0.39 is 23.3 Å². The Morgan fingerprint density at radius 2 is 1.70 bits per heavy atom. The van der Waals surface area contributed by atoms with Gasteiger partial charge in [0.1, 0.15) is 5.75 Å². The number of aromatic nitrogens is 2. The van der Waals surface area contributed by atoms with E-state index in [4.69, 9.17) is 16.3 Å². The highest BCUT2D eigenvalue weighted by Crippen LogP contribution is 2.35. The standard InChI is InChI=1S/C24H17ClF3N3O2/c1-33-21-12-7-16(15-5-3-2-4-6-15)13-20(21)30-23(32)19-14-29-31(22(19)24(26,27)28)18-10-8-17(25)9-11-18/h2-14H,1H3,(H,30,32). The lowest BCUT2D eigenvalue weighted by atomic mass is 10.0. The third-order valence-electron chi connectivity index (χ3n) is 4.91. The molecule has 4 aromatic rings. The van der Waals surface area contributed by atoms with Crippen LogP contribution in [0.1, 0.15) is 16.1 Å². The monoisotopic (exact) mass is 471 g/mol. The van der Waals surface area contributed by atoms with Crippen molar-refractivity contribution in [2.75, 3.05) is 12.4 Å². The molecule has 0 spiro atoms. The van der Waals surface area contributed by atoms with Crippen LogP contribution < -0.4 is 10.1 Å². The van der Waals surface area contributed by atoms with Gasteiger partial charge in [0.15, 0.2) is 5.69 Å². The van der Waals surface area contributed by atoms with Gasteiger partial charge in [-0.05, 0) is 47.5 Å². The Bertz CT molecular complexity index is 1290. The quantitative estimate of drug-likeness (QED) is 0.363. The third-order valence-corrected chi connectivity index (χ3v) is 5.16. The zero-order chi connectivity index (χ0) is 23.6. The van der Waals surface area contributed by atoms with Crippen molar-refractivity contribution in [3.63, 3.8) is 0 Å². The van der Waals surface area contributed by atoms with E-state index >= 15 is 0 Å². The van der Waals surface area contributed by atoms with Gasteiger partial charge in [-0.3, -0.25) is 4.79 Å². The number of hydrogen-bond donors (Lipinski definition) is 1. The Balaban J connectivity index is 1.73. The fraction of sp³-hybridized carbons (Fsp3) is 0.0833. The number of nitrogens with one attached hydrogen (secondary N) is 1. The van der Waals surface area contributed by atoms with Crippen LogP contribution in [-0.2, 0) is 6.18 Å². The van der Waals surface area contributed by atoms with Gasteiger partial charge < -0.3 is 10.1 Å². The average molecular weight is 472 g/mol. The molecule has 168 valence electrons. The zero-order valence-corrected chi connectivity index (χ0v) is 18.0. The predicted octanol–water partition coefficient (Wildman–Crippen LogP) is 6.47. The van der Waals surface area contributed by atoms with Crippen LogP contribution in [0.15, 0.2) is 79.0 Å². The second kappa shape index (κ2) is 8.99. The first-order valence-electron chi connectivity index (χ1n) is 9.74. The van der Waals surface area contributed by atoms with Crippen LogP contribution in [0.4, 0.5) is 18.9 Å². The Hall–Kier alpha value is -3.78. The van der Waals surface area contributed by atoms with E-state index in [2.05, 4.69) is 10.4 Å². The molecule has 0 aliphatic heterocycles. The van der Waals surface area contributed by atoms with Gasteiger partial charge in [-0.25, -0.2) is 4.68 Å². The van der Waals surface area contributed by atoms with Gasteiger partial charge in [0.25, 0.3) is 5.91 Å². The number of nitrogens with zero attached hydrogens (tertiary/aromatic N) is 2. The number of rotatable bonds is 5. The van der Waals surface area contributed by atoms with Crippen molar-refractivity contribution >= 4 is 23.2 Å². The number of ether oxygens (including phenoxy) is 1. The Kier molecular flexibility index (Phi) is 6.11. The minimum absolute atomic E-state index is 0.120. The van der Waals surface area contributed by atoms with Crippen LogP contribution in [-0.4, -0.2) is 22.8 Å². The van der Waals surface area contributed by atoms with Crippen LogP contribution >= 0.6 is 11.6 Å². The van der Waals surface area contributed by atoms with Crippen LogP contribution in [0, 0.1) is 0 Å². The summed E-state index contributed by atoms with van der Waals surface area (Å²) in [6.45, 7) is 0. The fourth-order valence-electron chi connectivity index (χ4n) is 3.37. The summed E-state index contributed by atoms with van der Waals surface area (Å²) in [5.41, 5.74) is 0.178. The van der Waals surface area contributed by atoms with Crippen molar-refractivity contribution in [3.05, 3.63) is 95.3 Å². The molecular formula is C24H17ClF3N3O2. The summed E-state index contributed by atoms with van der Waals surface area (Å²) >= 11 is 5.83. The van der Waals surface area contributed by atoms with E-state index in [0.29, 0.717) is 15.5 Å². The Labute approximate surface area is 192 Å². The van der Waals surface area contributed by atoms with Crippen LogP contribution in [0.3, 0.4) is 0 Å². The highest BCUT2D eigenvalue weighted by molar-refractivity contribution is 6.30. The highest BCUT2D eigenvalue weighted by atomic mass is 35.5. The normalized spacial score (nSPS) is 11.3. The molecule has 33 heavy (non-hydrogen) atoms. The van der Waals surface area contributed by atoms with E-state index in [1.807, 2.05) is 30.3 Å². The molecule has 1 amide bonds. The van der Waals surface area contributed by atoms with Crippen molar-refractivity contribution in [2.45, 2.75) is 6.18 Å². The van der Waals surface area contributed by atoms with E-state index in [1.54, 1.807) is 18.2 Å². The summed E-state index contributed by atoms with van der Waals surface area (Å²) < 4.78 is 47.8. The predicted molar refractivity (Wildman–Crippen MR) is 120 cm³/mol. The summed E-state index contributed by atoms with van der Waals surface area (Å²) in [5, 5.41) is 6.71. The molecule has 1 aromatic heterocycles. The molecule has 1 N–H and O–H groups in total. The maximum atomic E-state index is 13.9. The Morgan fingerprint density at radius 3 is 2.33 bits per heavy atom. The fourth-order valence-corrected chi connectivity index (χ4v) is 3.50. The molecule has 0 saturated carbocycles. The van der Waals surface area contributed by atoms with E-state index in [0.717, 1.165) is 17.3 Å². The molecule has 0 aliphatic rings. The second-order valence-corrected chi connectivity index (χ2v) is 7.46. The van der Waals surface area contributed by atoms with Gasteiger partial charge in [0.05, 0.1) is 30.2 Å². The van der Waals surface area contributed by atoms with Gasteiger partial charge in [-0.15, -0.1) is 0 Å². The smallest absolute Gasteiger partial charge is 0.434 e. The van der Waals surface area contributed by atoms with Gasteiger partial charge in [0, 0.05) is 5.02 Å². The second-order valence-electron chi connectivity index (χ2n) is 7.03. The maximum Gasteiger partial charge on any atom is 0.434 e. The lowest BCUT2D eigenvalue weighted by Gasteiger charge is -2.15. The first-order chi connectivity index (χ1) is 15.8. The van der Waals surface area contributed by atoms with Crippen molar-refractivity contribution < 1.29 is 22.7 Å². The number of amides is 1. The first-order valence-corrected chi connectivity index (χ1v) is 10.1. The van der Waals surface area contributed by atoms with E-state index in [1.165, 1.54) is 31.4 Å². The van der Waals surface area contributed by atoms with Crippen molar-refractivity contribution in [2.24, 2.45) is 0 Å². The summed E-state index contributed by atoms with van der Waals surface area (Å²) in [6, 6.07) is 20.1. The number of methoxy groups -OCH3 is 1. The number of hydrogen-bond acceptors (Lipinski definition) is 3. The SMILES string of the molecule is COc1ccc(-c2ccccc2)cc1NC(=O)c1cnn(-c2ccc(Cl)cc2)c1C(F)(F)F. The molecule has 0 bridgehead atoms. The van der Waals surface area contributed by atoms with Crippen LogP contribution in [0.25, 0.3) is 16.8 Å². The zero-order valence-electron chi connectivity index (χ0n) is 17.2. The molecule has 0 atom stereocenters. The summed E-state index contributed by atoms with van der Waals surface area (Å²) in [4.78, 5) is 13.0. The van der Waals surface area contributed by atoms with Gasteiger partial charge >= 0.3 is 6.18 Å². The molecular weight excluding hydrogens is 455 g/mol. The summed E-state index contributed by atoms with van der Waals surface area (Å²) in [7, 11) is 1.41. The van der Waals surface area contributed by atoms with Crippen LogP contribution in [0.5, 0.6) is 5.75 Å². The van der Waals surface area contributed by atoms with Crippen LogP contribution in [0.2, 0.25) is 5.02 Å². The molecule has 9 heteroatoms. The lowest BCUT2D eigenvalue weighted by molar-refractivity contribution is -0.143. The van der Waals surface area contributed by atoms with Crippen molar-refractivity contribution in [3.8, 4) is 22.6 Å². The Morgan fingerprint density at radius 1 is 1.00 bits per heavy atom. The minimum atomic E-state index is -4.83. The number of benzene rings is 3. The van der Waals surface area contributed by atoms with E-state index in [-0.39, 0.29) is 11.4 Å². The number of alkyl halides is 3. The number of anilines is 1. The lowest BCUT2D eigenvalue weighted by Crippen LogP contribution is -2.21. The van der Waals surface area contributed by atoms with Gasteiger partial charge in [0.2, 0.25) is 0 Å². The van der Waals surface area contributed by atoms with Gasteiger partial charge in [-0.1, -0.05) is 48.0 Å². The topological polar surface area (TPSA) is 56.1 Å².